The van der Waals surface area contributed by atoms with Gasteiger partial charge in [0.1, 0.15) is 0 Å². The summed E-state index contributed by atoms with van der Waals surface area (Å²) in [6.45, 7) is 9.98. The SMILES string of the molecule is CC.CN.Cc1nc(C(C)(C)c2ccccc2)no1. The maximum Gasteiger partial charge on any atom is 0.223 e. The van der Waals surface area contributed by atoms with Crippen molar-refractivity contribution < 1.29 is 4.52 Å². The molecule has 1 aromatic heterocycles. The predicted molar refractivity (Wildman–Crippen MR) is 79.1 cm³/mol. The molecule has 0 fully saturated rings. The first-order valence-electron chi connectivity index (χ1n) is 6.55. The van der Waals surface area contributed by atoms with Crippen LogP contribution in [0.3, 0.4) is 0 Å². The summed E-state index contributed by atoms with van der Waals surface area (Å²) in [6.07, 6.45) is 0. The molecule has 1 heterocycles. The summed E-state index contributed by atoms with van der Waals surface area (Å²) in [5.41, 5.74) is 5.48. The largest absolute Gasteiger partial charge is 0.340 e. The van der Waals surface area contributed by atoms with Crippen LogP contribution in [0.5, 0.6) is 0 Å². The van der Waals surface area contributed by atoms with Crippen LogP contribution in [-0.2, 0) is 5.41 Å². The summed E-state index contributed by atoms with van der Waals surface area (Å²) >= 11 is 0. The third-order valence-corrected chi connectivity index (χ3v) is 2.58. The molecule has 0 bridgehead atoms. The number of benzene rings is 1. The van der Waals surface area contributed by atoms with Crippen molar-refractivity contribution in [2.75, 3.05) is 7.05 Å². The van der Waals surface area contributed by atoms with Crippen molar-refractivity contribution in [2.24, 2.45) is 5.73 Å². The van der Waals surface area contributed by atoms with E-state index in [1.165, 1.54) is 12.6 Å². The summed E-state index contributed by atoms with van der Waals surface area (Å²) in [5, 5.41) is 3.98. The van der Waals surface area contributed by atoms with Crippen molar-refractivity contribution in [1.82, 2.24) is 10.1 Å². The van der Waals surface area contributed by atoms with Crippen LogP contribution >= 0.6 is 0 Å². The van der Waals surface area contributed by atoms with Crippen molar-refractivity contribution in [3.8, 4) is 0 Å². The zero-order valence-corrected chi connectivity index (χ0v) is 12.8. The van der Waals surface area contributed by atoms with Gasteiger partial charge in [-0.15, -0.1) is 0 Å². The lowest BCUT2D eigenvalue weighted by Gasteiger charge is -2.20. The van der Waals surface area contributed by atoms with Gasteiger partial charge in [-0.25, -0.2) is 0 Å². The van der Waals surface area contributed by atoms with Gasteiger partial charge in [-0.2, -0.15) is 4.98 Å². The first-order chi connectivity index (χ1) is 9.10. The Morgan fingerprint density at radius 1 is 1.05 bits per heavy atom. The van der Waals surface area contributed by atoms with E-state index in [1.54, 1.807) is 6.92 Å². The molecular formula is C15H25N3O. The second kappa shape index (κ2) is 8.43. The van der Waals surface area contributed by atoms with Crippen molar-refractivity contribution in [2.45, 2.75) is 40.0 Å². The van der Waals surface area contributed by atoms with Crippen LogP contribution in [0.15, 0.2) is 34.9 Å². The second-order valence-electron chi connectivity index (χ2n) is 4.13. The molecule has 0 aliphatic carbocycles. The van der Waals surface area contributed by atoms with Gasteiger partial charge in [-0.1, -0.05) is 49.3 Å². The van der Waals surface area contributed by atoms with Gasteiger partial charge in [-0.05, 0) is 26.5 Å². The van der Waals surface area contributed by atoms with E-state index in [2.05, 4.69) is 41.9 Å². The van der Waals surface area contributed by atoms with Gasteiger partial charge in [0.25, 0.3) is 0 Å². The third kappa shape index (κ3) is 4.48. The molecule has 106 valence electrons. The highest BCUT2D eigenvalue weighted by molar-refractivity contribution is 5.29. The number of nitrogens with two attached hydrogens (primary N) is 1. The number of rotatable bonds is 2. The minimum absolute atomic E-state index is 0.209. The highest BCUT2D eigenvalue weighted by Crippen LogP contribution is 2.28. The summed E-state index contributed by atoms with van der Waals surface area (Å²) in [5.74, 6) is 1.33. The molecule has 0 unspecified atom stereocenters. The van der Waals surface area contributed by atoms with E-state index in [0.29, 0.717) is 5.89 Å². The first-order valence-corrected chi connectivity index (χ1v) is 6.55. The van der Waals surface area contributed by atoms with Crippen LogP contribution < -0.4 is 5.73 Å². The van der Waals surface area contributed by atoms with Gasteiger partial charge in [0.15, 0.2) is 5.82 Å². The molecule has 4 heteroatoms. The molecule has 0 saturated heterocycles. The van der Waals surface area contributed by atoms with Gasteiger partial charge in [-0.3, -0.25) is 0 Å². The van der Waals surface area contributed by atoms with Crippen LogP contribution in [0.25, 0.3) is 0 Å². The summed E-state index contributed by atoms with van der Waals surface area (Å²) < 4.78 is 5.01. The standard InChI is InChI=1S/C12H14N2O.C2H6.CH5N/c1-9-13-11(14-15-9)12(2,3)10-7-5-4-6-8-10;2*1-2/h4-8H,1-3H3;1-2H3;2H2,1H3. The molecule has 0 radical (unpaired) electrons. The molecular weight excluding hydrogens is 238 g/mol. The van der Waals surface area contributed by atoms with Crippen molar-refractivity contribution in [1.29, 1.82) is 0 Å². The van der Waals surface area contributed by atoms with E-state index in [0.717, 1.165) is 5.82 Å². The molecule has 2 aromatic rings. The van der Waals surface area contributed by atoms with Crippen LogP contribution in [0.4, 0.5) is 0 Å². The fourth-order valence-corrected chi connectivity index (χ4v) is 1.54. The van der Waals surface area contributed by atoms with Crippen LogP contribution in [-0.4, -0.2) is 17.2 Å². The monoisotopic (exact) mass is 263 g/mol. The van der Waals surface area contributed by atoms with Gasteiger partial charge >= 0.3 is 0 Å². The van der Waals surface area contributed by atoms with E-state index >= 15 is 0 Å². The molecule has 0 atom stereocenters. The fraction of sp³-hybridized carbons (Fsp3) is 0.467. The number of nitrogens with zero attached hydrogens (tertiary/aromatic N) is 2. The maximum atomic E-state index is 5.01. The lowest BCUT2D eigenvalue weighted by atomic mass is 9.84. The van der Waals surface area contributed by atoms with E-state index in [4.69, 9.17) is 4.52 Å². The molecule has 2 N–H and O–H groups in total. The maximum absolute atomic E-state index is 5.01. The zero-order chi connectivity index (χ0) is 14.9. The van der Waals surface area contributed by atoms with Gasteiger partial charge < -0.3 is 10.3 Å². The van der Waals surface area contributed by atoms with Gasteiger partial charge in [0.05, 0.1) is 5.41 Å². The fourth-order valence-electron chi connectivity index (χ4n) is 1.54. The Kier molecular flexibility index (Phi) is 7.68. The molecule has 0 aliphatic heterocycles. The summed E-state index contributed by atoms with van der Waals surface area (Å²) in [4.78, 5) is 4.28. The van der Waals surface area contributed by atoms with E-state index in [1.807, 2.05) is 32.0 Å². The molecule has 4 nitrogen and oxygen atoms in total. The van der Waals surface area contributed by atoms with E-state index in [-0.39, 0.29) is 5.41 Å². The average Bonchev–Trinajstić information content (AvgIpc) is 2.92. The Morgan fingerprint density at radius 3 is 2.00 bits per heavy atom. The molecule has 0 saturated carbocycles. The quantitative estimate of drug-likeness (QED) is 0.902. The van der Waals surface area contributed by atoms with Gasteiger partial charge in [0.2, 0.25) is 5.89 Å². The third-order valence-electron chi connectivity index (χ3n) is 2.58. The van der Waals surface area contributed by atoms with Crippen molar-refractivity contribution >= 4 is 0 Å². The summed E-state index contributed by atoms with van der Waals surface area (Å²) in [7, 11) is 1.50. The summed E-state index contributed by atoms with van der Waals surface area (Å²) in [6, 6.07) is 10.2. The Morgan fingerprint density at radius 2 is 1.58 bits per heavy atom. The minimum Gasteiger partial charge on any atom is -0.340 e. The lowest BCUT2D eigenvalue weighted by molar-refractivity contribution is 0.378. The topological polar surface area (TPSA) is 64.9 Å². The number of aromatic nitrogens is 2. The van der Waals surface area contributed by atoms with Crippen molar-refractivity contribution in [3.05, 3.63) is 47.6 Å². The number of aryl methyl sites for hydroxylation is 1. The van der Waals surface area contributed by atoms with Crippen molar-refractivity contribution in [3.63, 3.8) is 0 Å². The normalized spacial score (nSPS) is 9.84. The molecule has 0 spiro atoms. The number of hydrogen-bond acceptors (Lipinski definition) is 4. The van der Waals surface area contributed by atoms with Crippen LogP contribution in [0.2, 0.25) is 0 Å². The predicted octanol–water partition coefficient (Wildman–Crippen LogP) is 3.31. The molecule has 19 heavy (non-hydrogen) atoms. The second-order valence-corrected chi connectivity index (χ2v) is 4.13. The van der Waals surface area contributed by atoms with E-state index in [9.17, 15) is 0 Å². The Labute approximate surface area is 116 Å². The van der Waals surface area contributed by atoms with Gasteiger partial charge in [0, 0.05) is 6.92 Å². The molecule has 0 aliphatic rings. The van der Waals surface area contributed by atoms with Crippen LogP contribution in [0, 0.1) is 6.92 Å². The smallest absolute Gasteiger partial charge is 0.223 e. The first kappa shape index (κ1) is 17.3. The van der Waals surface area contributed by atoms with Crippen LogP contribution in [0.1, 0.15) is 45.0 Å². The Hall–Kier alpha value is -1.68. The Balaban J connectivity index is 0.000000741. The Bertz CT molecular complexity index is 449. The highest BCUT2D eigenvalue weighted by Gasteiger charge is 2.27. The minimum atomic E-state index is -0.209. The zero-order valence-electron chi connectivity index (χ0n) is 12.8. The molecule has 1 aromatic carbocycles. The van der Waals surface area contributed by atoms with E-state index < -0.39 is 0 Å². The average molecular weight is 263 g/mol. The molecule has 2 rings (SSSR count). The highest BCUT2D eigenvalue weighted by atomic mass is 16.5. The number of hydrogen-bond donors (Lipinski definition) is 1. The lowest BCUT2D eigenvalue weighted by Crippen LogP contribution is -2.20. The molecule has 0 amide bonds.